The first-order chi connectivity index (χ1) is 8.33. The third kappa shape index (κ3) is 2.38. The smallest absolute Gasteiger partial charge is 0.158 e. The Morgan fingerprint density at radius 1 is 1.29 bits per heavy atom. The second-order valence-electron chi connectivity index (χ2n) is 4.69. The summed E-state index contributed by atoms with van der Waals surface area (Å²) in [4.78, 5) is 10.9. The van der Waals surface area contributed by atoms with Gasteiger partial charge in [0.15, 0.2) is 5.82 Å². The Hall–Kier alpha value is -1.24. The Morgan fingerprint density at radius 2 is 2.06 bits per heavy atom. The van der Waals surface area contributed by atoms with Gasteiger partial charge in [-0.25, -0.2) is 10.8 Å². The number of nitrogens with two attached hydrogens (primary N) is 1. The maximum atomic E-state index is 5.80. The fraction of sp³-hybridized carbons (Fsp3) is 0.636. The van der Waals surface area contributed by atoms with Crippen molar-refractivity contribution in [2.45, 2.75) is 31.6 Å². The quantitative estimate of drug-likeness (QED) is 0.572. The Labute approximate surface area is 100 Å². The number of hydrogen-bond donors (Lipinski definition) is 2. The van der Waals surface area contributed by atoms with Crippen molar-refractivity contribution in [1.82, 2.24) is 14.9 Å². The monoisotopic (exact) mass is 235 g/mol. The molecular formula is C11H17N5O. The molecule has 3 heterocycles. The zero-order chi connectivity index (χ0) is 11.7. The topological polar surface area (TPSA) is 76.3 Å². The number of likely N-dealkylation sites (tertiary alicyclic amines) is 1. The molecule has 2 unspecified atom stereocenters. The highest BCUT2D eigenvalue weighted by Crippen LogP contribution is 2.26. The third-order valence-electron chi connectivity index (χ3n) is 3.36. The highest BCUT2D eigenvalue weighted by molar-refractivity contribution is 5.28. The fourth-order valence-electron chi connectivity index (χ4n) is 2.57. The van der Waals surface area contributed by atoms with Crippen molar-refractivity contribution in [3.05, 3.63) is 18.1 Å². The van der Waals surface area contributed by atoms with E-state index in [9.17, 15) is 0 Å². The Morgan fingerprint density at radius 3 is 2.65 bits per heavy atom. The number of anilines is 1. The summed E-state index contributed by atoms with van der Waals surface area (Å²) in [6, 6.07) is 0. The number of morpholine rings is 1. The third-order valence-corrected chi connectivity index (χ3v) is 3.36. The lowest BCUT2D eigenvalue weighted by Gasteiger charge is -2.31. The first-order valence-corrected chi connectivity index (χ1v) is 5.99. The zero-order valence-corrected chi connectivity index (χ0v) is 9.67. The standard InChI is InChI=1S/C11H17N5O/c12-15-11-4-13-8(3-14-11)5-16-6-9-1-2-10(7-16)17-9/h3-4,9-10H,1-2,5-7,12H2,(H,14,15). The predicted octanol–water partition coefficient (Wildman–Crippen LogP) is 0.125. The maximum Gasteiger partial charge on any atom is 0.158 e. The molecule has 0 saturated carbocycles. The molecule has 1 aromatic rings. The van der Waals surface area contributed by atoms with Crippen LogP contribution in [-0.4, -0.2) is 40.2 Å². The summed E-state index contributed by atoms with van der Waals surface area (Å²) in [6.07, 6.45) is 6.67. The fourth-order valence-corrected chi connectivity index (χ4v) is 2.57. The van der Waals surface area contributed by atoms with Crippen molar-refractivity contribution >= 4 is 5.82 Å². The van der Waals surface area contributed by atoms with Gasteiger partial charge in [-0.05, 0) is 12.8 Å². The molecule has 92 valence electrons. The van der Waals surface area contributed by atoms with Gasteiger partial charge >= 0.3 is 0 Å². The lowest BCUT2D eigenvalue weighted by atomic mass is 10.2. The van der Waals surface area contributed by atoms with Gasteiger partial charge in [0.05, 0.1) is 30.3 Å². The number of ether oxygens (including phenoxy) is 1. The minimum atomic E-state index is 0.423. The van der Waals surface area contributed by atoms with E-state index in [0.29, 0.717) is 18.0 Å². The number of rotatable bonds is 3. The largest absolute Gasteiger partial charge is 0.372 e. The molecule has 0 radical (unpaired) electrons. The van der Waals surface area contributed by atoms with Crippen LogP contribution < -0.4 is 11.3 Å². The summed E-state index contributed by atoms with van der Waals surface area (Å²) in [5.74, 6) is 5.84. The van der Waals surface area contributed by atoms with Crippen LogP contribution in [0.2, 0.25) is 0 Å². The number of nitrogens with zero attached hydrogens (tertiary/aromatic N) is 3. The van der Waals surface area contributed by atoms with Crippen molar-refractivity contribution in [1.29, 1.82) is 0 Å². The molecule has 2 atom stereocenters. The van der Waals surface area contributed by atoms with E-state index in [1.807, 2.05) is 0 Å². The highest BCUT2D eigenvalue weighted by Gasteiger charge is 2.33. The number of hydrogen-bond acceptors (Lipinski definition) is 6. The summed E-state index contributed by atoms with van der Waals surface area (Å²) < 4.78 is 5.80. The predicted molar refractivity (Wildman–Crippen MR) is 63.0 cm³/mol. The molecule has 2 aliphatic heterocycles. The van der Waals surface area contributed by atoms with E-state index >= 15 is 0 Å². The van der Waals surface area contributed by atoms with Crippen LogP contribution in [0.3, 0.4) is 0 Å². The van der Waals surface area contributed by atoms with Crippen LogP contribution in [0, 0.1) is 0 Å². The summed E-state index contributed by atoms with van der Waals surface area (Å²) in [7, 11) is 0. The second kappa shape index (κ2) is 4.56. The van der Waals surface area contributed by atoms with Gasteiger partial charge in [0.25, 0.3) is 0 Å². The van der Waals surface area contributed by atoms with Gasteiger partial charge in [0.2, 0.25) is 0 Å². The molecule has 6 heteroatoms. The summed E-state index contributed by atoms with van der Waals surface area (Å²) in [6.45, 7) is 2.86. The van der Waals surface area contributed by atoms with Crippen LogP contribution in [0.4, 0.5) is 5.82 Å². The van der Waals surface area contributed by atoms with E-state index in [-0.39, 0.29) is 0 Å². The highest BCUT2D eigenvalue weighted by atomic mass is 16.5. The lowest BCUT2D eigenvalue weighted by Crippen LogP contribution is -2.42. The van der Waals surface area contributed by atoms with Gasteiger partial charge < -0.3 is 10.2 Å². The number of fused-ring (bicyclic) bond motifs is 2. The van der Waals surface area contributed by atoms with Gasteiger partial charge in [-0.3, -0.25) is 9.88 Å². The first-order valence-electron chi connectivity index (χ1n) is 5.99. The van der Waals surface area contributed by atoms with Crippen molar-refractivity contribution in [3.8, 4) is 0 Å². The van der Waals surface area contributed by atoms with Gasteiger partial charge in [-0.2, -0.15) is 0 Å². The molecule has 0 aliphatic carbocycles. The van der Waals surface area contributed by atoms with Crippen molar-refractivity contribution in [3.63, 3.8) is 0 Å². The minimum Gasteiger partial charge on any atom is -0.372 e. The second-order valence-corrected chi connectivity index (χ2v) is 4.69. The van der Waals surface area contributed by atoms with E-state index in [1.165, 1.54) is 12.8 Å². The number of hydrazine groups is 1. The maximum absolute atomic E-state index is 5.80. The molecule has 17 heavy (non-hydrogen) atoms. The van der Waals surface area contributed by atoms with Crippen LogP contribution >= 0.6 is 0 Å². The van der Waals surface area contributed by atoms with Gasteiger partial charge in [0, 0.05) is 19.6 Å². The average molecular weight is 235 g/mol. The van der Waals surface area contributed by atoms with Crippen LogP contribution in [0.25, 0.3) is 0 Å². The van der Waals surface area contributed by atoms with Gasteiger partial charge in [0.1, 0.15) is 0 Å². The van der Waals surface area contributed by atoms with E-state index in [2.05, 4.69) is 20.3 Å². The average Bonchev–Trinajstić information content (AvgIpc) is 2.70. The minimum absolute atomic E-state index is 0.423. The molecule has 2 bridgehead atoms. The Kier molecular flexibility index (Phi) is 2.92. The Balaban J connectivity index is 1.62. The number of aromatic nitrogens is 2. The van der Waals surface area contributed by atoms with E-state index < -0.39 is 0 Å². The summed E-state index contributed by atoms with van der Waals surface area (Å²) in [5.41, 5.74) is 3.45. The molecule has 0 amide bonds. The van der Waals surface area contributed by atoms with E-state index in [4.69, 9.17) is 10.6 Å². The zero-order valence-electron chi connectivity index (χ0n) is 9.67. The molecule has 2 saturated heterocycles. The van der Waals surface area contributed by atoms with Crippen molar-refractivity contribution in [2.24, 2.45) is 5.84 Å². The first kappa shape index (κ1) is 10.9. The van der Waals surface area contributed by atoms with Crippen LogP contribution in [-0.2, 0) is 11.3 Å². The van der Waals surface area contributed by atoms with Crippen LogP contribution in [0.5, 0.6) is 0 Å². The Bertz CT molecular complexity index is 370. The van der Waals surface area contributed by atoms with Crippen molar-refractivity contribution in [2.75, 3.05) is 18.5 Å². The summed E-state index contributed by atoms with van der Waals surface area (Å²) in [5, 5.41) is 0. The molecule has 0 aromatic carbocycles. The van der Waals surface area contributed by atoms with E-state index in [1.54, 1.807) is 12.4 Å². The van der Waals surface area contributed by atoms with Gasteiger partial charge in [-0.15, -0.1) is 0 Å². The van der Waals surface area contributed by atoms with Gasteiger partial charge in [-0.1, -0.05) is 0 Å². The normalized spacial score (nSPS) is 28.3. The summed E-state index contributed by atoms with van der Waals surface area (Å²) >= 11 is 0. The van der Waals surface area contributed by atoms with Crippen LogP contribution in [0.1, 0.15) is 18.5 Å². The number of nitrogen functional groups attached to an aromatic ring is 1. The van der Waals surface area contributed by atoms with Crippen molar-refractivity contribution < 1.29 is 4.74 Å². The molecule has 3 rings (SSSR count). The molecule has 2 fully saturated rings. The SMILES string of the molecule is NNc1cnc(CN2CC3CCC(C2)O3)cn1. The molecule has 6 nitrogen and oxygen atoms in total. The lowest BCUT2D eigenvalue weighted by molar-refractivity contribution is -0.0414. The molecule has 1 aromatic heterocycles. The van der Waals surface area contributed by atoms with E-state index in [0.717, 1.165) is 25.3 Å². The molecule has 2 aliphatic rings. The molecule has 0 spiro atoms. The van der Waals surface area contributed by atoms with Crippen LogP contribution in [0.15, 0.2) is 12.4 Å². The molecule has 3 N–H and O–H groups in total. The molecular weight excluding hydrogens is 218 g/mol. The number of nitrogens with one attached hydrogen (secondary N) is 1.